The lowest BCUT2D eigenvalue weighted by Crippen LogP contribution is -2.48. The lowest BCUT2D eigenvalue weighted by molar-refractivity contribution is -0.141. The molecular weight excluding hydrogens is 452 g/mol. The Morgan fingerprint density at radius 2 is 1.60 bits per heavy atom. The van der Waals surface area contributed by atoms with Crippen molar-refractivity contribution in [2.45, 2.75) is 39.4 Å². The van der Waals surface area contributed by atoms with Gasteiger partial charge in [0.1, 0.15) is 0 Å². The summed E-state index contributed by atoms with van der Waals surface area (Å²) in [6.45, 7) is 4.73. The second-order valence-electron chi connectivity index (χ2n) is 8.48. The van der Waals surface area contributed by atoms with Crippen molar-refractivity contribution in [1.29, 1.82) is 0 Å². The number of benzene rings is 1. The van der Waals surface area contributed by atoms with Crippen LogP contribution in [-0.4, -0.2) is 86.8 Å². The average molecular weight is 487 g/mol. The number of carboxylic acid groups (broad SMARTS) is 3. The molecule has 190 valence electrons. The van der Waals surface area contributed by atoms with Crippen LogP contribution in [0.3, 0.4) is 0 Å². The zero-order valence-electron chi connectivity index (χ0n) is 20.2. The predicted octanol–water partition coefficient (Wildman–Crippen LogP) is 1.47. The van der Waals surface area contributed by atoms with E-state index in [0.717, 1.165) is 11.1 Å². The number of rotatable bonds is 16. The molecule has 0 spiro atoms. The van der Waals surface area contributed by atoms with E-state index in [4.69, 9.17) is 5.11 Å². The molecule has 0 bridgehead atoms. The van der Waals surface area contributed by atoms with E-state index in [1.54, 1.807) is 23.1 Å². The highest BCUT2D eigenvalue weighted by Crippen LogP contribution is 2.15. The summed E-state index contributed by atoms with van der Waals surface area (Å²) in [5, 5.41) is 30.5. The van der Waals surface area contributed by atoms with Gasteiger partial charge in [-0.1, -0.05) is 42.8 Å². The predicted molar refractivity (Wildman–Crippen MR) is 130 cm³/mol. The summed E-state index contributed by atoms with van der Waals surface area (Å²) in [6.07, 6.45) is 0.545. The topological polar surface area (TPSA) is 143 Å². The number of nitrogens with zero attached hydrogens (tertiary/aromatic N) is 3. The number of nitrogens with one attached hydrogen (secondary N) is 1. The third-order valence-electron chi connectivity index (χ3n) is 5.53. The molecule has 10 nitrogen and oxygen atoms in total. The molecule has 0 amide bonds. The molecule has 35 heavy (non-hydrogen) atoms. The molecule has 4 N–H and O–H groups in total. The Bertz CT molecular complexity index is 982. The van der Waals surface area contributed by atoms with E-state index in [-0.39, 0.29) is 38.8 Å². The van der Waals surface area contributed by atoms with Gasteiger partial charge in [0.05, 0.1) is 31.0 Å². The van der Waals surface area contributed by atoms with Crippen LogP contribution in [0.2, 0.25) is 0 Å². The van der Waals surface area contributed by atoms with E-state index >= 15 is 0 Å². The van der Waals surface area contributed by atoms with Crippen molar-refractivity contribution >= 4 is 17.9 Å². The van der Waals surface area contributed by atoms with E-state index in [2.05, 4.69) is 10.3 Å². The van der Waals surface area contributed by atoms with Crippen molar-refractivity contribution in [3.05, 3.63) is 65.0 Å². The summed E-state index contributed by atoms with van der Waals surface area (Å²) < 4.78 is 0. The minimum absolute atomic E-state index is 0.134. The summed E-state index contributed by atoms with van der Waals surface area (Å²) >= 11 is 0. The van der Waals surface area contributed by atoms with Gasteiger partial charge >= 0.3 is 17.9 Å². The second-order valence-corrected chi connectivity index (χ2v) is 8.48. The molecule has 0 saturated heterocycles. The minimum atomic E-state index is -0.987. The summed E-state index contributed by atoms with van der Waals surface area (Å²) in [6, 6.07) is 13.1. The Kier molecular flexibility index (Phi) is 11.3. The molecule has 1 atom stereocenters. The first-order valence-electron chi connectivity index (χ1n) is 11.5. The monoisotopic (exact) mass is 486 g/mol. The lowest BCUT2D eigenvalue weighted by atomic mass is 10.0. The van der Waals surface area contributed by atoms with Gasteiger partial charge in [0.25, 0.3) is 0 Å². The molecule has 0 aliphatic heterocycles. The second kappa shape index (κ2) is 14.1. The van der Waals surface area contributed by atoms with Crippen LogP contribution >= 0.6 is 0 Å². The van der Waals surface area contributed by atoms with Gasteiger partial charge in [0.2, 0.25) is 0 Å². The molecule has 0 saturated carbocycles. The van der Waals surface area contributed by atoms with Crippen molar-refractivity contribution < 1.29 is 29.7 Å². The van der Waals surface area contributed by atoms with Crippen molar-refractivity contribution in [3.63, 3.8) is 0 Å². The van der Waals surface area contributed by atoms with Gasteiger partial charge in [-0.25, -0.2) is 0 Å². The fraction of sp³-hybridized carbons (Fsp3) is 0.440. The van der Waals surface area contributed by atoms with Gasteiger partial charge < -0.3 is 20.6 Å². The highest BCUT2D eigenvalue weighted by Gasteiger charge is 2.25. The Hall–Kier alpha value is -3.34. The minimum Gasteiger partial charge on any atom is -0.480 e. The van der Waals surface area contributed by atoms with Crippen LogP contribution in [0.15, 0.2) is 42.5 Å². The molecule has 1 unspecified atom stereocenters. The zero-order chi connectivity index (χ0) is 25.8. The number of aliphatic carboxylic acids is 3. The number of aryl methyl sites for hydroxylation is 1. The SMILES string of the molecule is CCN(CC(=O)O)CC(Cc1ccc(C)cc1)N(CC(=O)O)Cc1cccc(CNCC(=O)O)n1. The summed E-state index contributed by atoms with van der Waals surface area (Å²) in [5.74, 6) is -2.89. The number of hydrogen-bond donors (Lipinski definition) is 4. The van der Waals surface area contributed by atoms with E-state index in [1.165, 1.54) is 0 Å². The molecule has 0 radical (unpaired) electrons. The Morgan fingerprint density at radius 1 is 0.943 bits per heavy atom. The van der Waals surface area contributed by atoms with E-state index in [9.17, 15) is 24.6 Å². The lowest BCUT2D eigenvalue weighted by Gasteiger charge is -2.34. The number of carboxylic acids is 3. The molecule has 0 aliphatic carbocycles. The fourth-order valence-corrected chi connectivity index (χ4v) is 3.81. The smallest absolute Gasteiger partial charge is 0.317 e. The summed E-state index contributed by atoms with van der Waals surface area (Å²) in [7, 11) is 0. The van der Waals surface area contributed by atoms with Crippen LogP contribution in [0.5, 0.6) is 0 Å². The van der Waals surface area contributed by atoms with Crippen molar-refractivity contribution in [2.75, 3.05) is 32.7 Å². The fourth-order valence-electron chi connectivity index (χ4n) is 3.81. The highest BCUT2D eigenvalue weighted by atomic mass is 16.4. The average Bonchev–Trinajstić information content (AvgIpc) is 2.78. The zero-order valence-corrected chi connectivity index (χ0v) is 20.2. The first kappa shape index (κ1) is 27.9. The van der Waals surface area contributed by atoms with Crippen molar-refractivity contribution in [2.24, 2.45) is 0 Å². The molecule has 2 rings (SSSR count). The van der Waals surface area contributed by atoms with Crippen molar-refractivity contribution in [1.82, 2.24) is 20.1 Å². The van der Waals surface area contributed by atoms with E-state index in [0.29, 0.717) is 30.9 Å². The van der Waals surface area contributed by atoms with Gasteiger partial charge in [0.15, 0.2) is 0 Å². The van der Waals surface area contributed by atoms with Gasteiger partial charge in [-0.3, -0.25) is 29.2 Å². The maximum Gasteiger partial charge on any atom is 0.317 e. The van der Waals surface area contributed by atoms with Crippen LogP contribution < -0.4 is 5.32 Å². The van der Waals surface area contributed by atoms with Crippen LogP contribution in [0.1, 0.15) is 29.4 Å². The van der Waals surface area contributed by atoms with Crippen LogP contribution in [-0.2, 0) is 33.9 Å². The Morgan fingerprint density at radius 3 is 2.20 bits per heavy atom. The molecule has 1 aromatic carbocycles. The van der Waals surface area contributed by atoms with Crippen LogP contribution in [0, 0.1) is 6.92 Å². The van der Waals surface area contributed by atoms with E-state index < -0.39 is 17.9 Å². The Balaban J connectivity index is 2.29. The van der Waals surface area contributed by atoms with Gasteiger partial charge in [-0.15, -0.1) is 0 Å². The summed E-state index contributed by atoms with van der Waals surface area (Å²) in [5.41, 5.74) is 3.44. The number of hydrogen-bond acceptors (Lipinski definition) is 7. The number of carbonyl (C=O) groups is 3. The molecule has 1 aromatic heterocycles. The maximum absolute atomic E-state index is 11.8. The standard InChI is InChI=1S/C25H34N4O6/c1-3-28(16-24(32)33)15-22(11-19-9-7-18(2)8-10-19)29(17-25(34)35)14-21-6-4-5-20(27-21)12-26-13-23(30)31/h4-10,22,26H,3,11-17H2,1-2H3,(H,30,31)(H,32,33)(H,34,35). The van der Waals surface area contributed by atoms with Gasteiger partial charge in [-0.2, -0.15) is 0 Å². The van der Waals surface area contributed by atoms with E-state index in [1.807, 2.05) is 43.0 Å². The number of pyridine rings is 1. The largest absolute Gasteiger partial charge is 0.480 e. The molecule has 0 aliphatic rings. The molecule has 2 aromatic rings. The molecule has 10 heteroatoms. The molecule has 1 heterocycles. The first-order chi connectivity index (χ1) is 16.7. The highest BCUT2D eigenvalue weighted by molar-refractivity contribution is 5.69. The maximum atomic E-state index is 11.8. The van der Waals surface area contributed by atoms with Crippen LogP contribution in [0.25, 0.3) is 0 Å². The molecule has 0 fully saturated rings. The van der Waals surface area contributed by atoms with Gasteiger partial charge in [0, 0.05) is 25.7 Å². The number of likely N-dealkylation sites (N-methyl/N-ethyl adjacent to an activating group) is 1. The normalized spacial score (nSPS) is 12.1. The van der Waals surface area contributed by atoms with Crippen molar-refractivity contribution in [3.8, 4) is 0 Å². The summed E-state index contributed by atoms with van der Waals surface area (Å²) in [4.78, 5) is 42.0. The third-order valence-corrected chi connectivity index (χ3v) is 5.53. The molecular formula is C25H34N4O6. The quantitative estimate of drug-likeness (QED) is 0.275. The number of aromatic nitrogens is 1. The van der Waals surface area contributed by atoms with Crippen LogP contribution in [0.4, 0.5) is 0 Å². The Labute approximate surface area is 205 Å². The third kappa shape index (κ3) is 10.6. The van der Waals surface area contributed by atoms with Gasteiger partial charge in [-0.05, 0) is 37.6 Å². The first-order valence-corrected chi connectivity index (χ1v) is 11.5.